The van der Waals surface area contributed by atoms with E-state index in [1.165, 1.54) is 11.1 Å². The molecule has 1 aliphatic heterocycles. The van der Waals surface area contributed by atoms with Crippen LogP contribution in [0.25, 0.3) is 0 Å². The summed E-state index contributed by atoms with van der Waals surface area (Å²) in [4.78, 5) is 30.7. The molecular formula is C19H16BrN3O2S. The van der Waals surface area contributed by atoms with Crippen molar-refractivity contribution >= 4 is 62.7 Å². The summed E-state index contributed by atoms with van der Waals surface area (Å²) in [7, 11) is 0. The SMILES string of the molecule is CCc1ccc(N2C(=O)[C@H](C=Nc3ccc(Br)cc3)C(=O)NC2=S)cc1. The zero-order valence-corrected chi connectivity index (χ0v) is 16.4. The summed E-state index contributed by atoms with van der Waals surface area (Å²) in [6.07, 6.45) is 2.26. The van der Waals surface area contributed by atoms with Crippen LogP contribution in [-0.2, 0) is 16.0 Å². The second-order valence-electron chi connectivity index (χ2n) is 5.72. The van der Waals surface area contributed by atoms with Crippen LogP contribution in [0.15, 0.2) is 58.0 Å². The molecule has 132 valence electrons. The molecule has 1 fully saturated rings. The second-order valence-corrected chi connectivity index (χ2v) is 7.02. The van der Waals surface area contributed by atoms with Crippen molar-refractivity contribution in [3.8, 4) is 0 Å². The summed E-state index contributed by atoms with van der Waals surface area (Å²) in [6, 6.07) is 14.8. The fraction of sp³-hybridized carbons (Fsp3) is 0.158. The Morgan fingerprint density at radius 1 is 1.15 bits per heavy atom. The highest BCUT2D eigenvalue weighted by atomic mass is 79.9. The number of halogens is 1. The first-order valence-electron chi connectivity index (χ1n) is 8.07. The lowest BCUT2D eigenvalue weighted by Gasteiger charge is -2.31. The standard InChI is InChI=1S/C19H16BrN3O2S/c1-2-12-3-9-15(10-4-12)23-18(25)16(17(24)22-19(23)26)11-21-14-7-5-13(20)6-8-14/h3-11,16H,2H2,1H3,(H,22,24,26)/t16-/m1/s1. The van der Waals surface area contributed by atoms with Crippen LogP contribution in [0.4, 0.5) is 11.4 Å². The Balaban J connectivity index is 1.86. The lowest BCUT2D eigenvalue weighted by Crippen LogP contribution is -2.58. The van der Waals surface area contributed by atoms with E-state index < -0.39 is 17.7 Å². The molecule has 0 unspecified atom stereocenters. The fourth-order valence-corrected chi connectivity index (χ4v) is 3.10. The number of aryl methyl sites for hydroxylation is 1. The van der Waals surface area contributed by atoms with Gasteiger partial charge in [0.1, 0.15) is 0 Å². The van der Waals surface area contributed by atoms with Crippen molar-refractivity contribution < 1.29 is 9.59 Å². The maximum atomic E-state index is 12.9. The van der Waals surface area contributed by atoms with Gasteiger partial charge < -0.3 is 5.32 Å². The van der Waals surface area contributed by atoms with Crippen molar-refractivity contribution in [2.75, 3.05) is 4.90 Å². The Kier molecular flexibility index (Phi) is 5.58. The van der Waals surface area contributed by atoms with E-state index in [4.69, 9.17) is 12.2 Å². The molecule has 26 heavy (non-hydrogen) atoms. The van der Waals surface area contributed by atoms with Gasteiger partial charge in [-0.25, -0.2) is 0 Å². The minimum absolute atomic E-state index is 0.0811. The molecule has 2 aromatic rings. The van der Waals surface area contributed by atoms with Crippen LogP contribution >= 0.6 is 28.1 Å². The van der Waals surface area contributed by atoms with E-state index >= 15 is 0 Å². The number of carbonyl (C=O) groups is 2. The maximum absolute atomic E-state index is 12.9. The monoisotopic (exact) mass is 429 g/mol. The normalized spacial score (nSPS) is 17.7. The Hall–Kier alpha value is -2.38. The van der Waals surface area contributed by atoms with Gasteiger partial charge >= 0.3 is 0 Å². The Morgan fingerprint density at radius 3 is 2.42 bits per heavy atom. The summed E-state index contributed by atoms with van der Waals surface area (Å²) < 4.78 is 0.926. The molecule has 0 saturated carbocycles. The molecule has 0 bridgehead atoms. The lowest BCUT2D eigenvalue weighted by molar-refractivity contribution is -0.130. The summed E-state index contributed by atoms with van der Waals surface area (Å²) in [5, 5.41) is 2.66. The van der Waals surface area contributed by atoms with E-state index in [1.54, 1.807) is 12.1 Å². The van der Waals surface area contributed by atoms with Crippen molar-refractivity contribution in [3.05, 3.63) is 58.6 Å². The molecule has 1 atom stereocenters. The molecule has 7 heteroatoms. The fourth-order valence-electron chi connectivity index (χ4n) is 2.53. The van der Waals surface area contributed by atoms with E-state index in [-0.39, 0.29) is 5.11 Å². The second kappa shape index (κ2) is 7.88. The van der Waals surface area contributed by atoms with Gasteiger partial charge in [0.2, 0.25) is 5.91 Å². The number of hydrogen-bond acceptors (Lipinski definition) is 4. The Bertz CT molecular complexity index is 879. The van der Waals surface area contributed by atoms with Gasteiger partial charge in [0.05, 0.1) is 11.4 Å². The average Bonchev–Trinajstić information content (AvgIpc) is 2.63. The van der Waals surface area contributed by atoms with Crippen LogP contribution in [0, 0.1) is 5.92 Å². The number of amides is 2. The molecule has 1 saturated heterocycles. The van der Waals surface area contributed by atoms with Crippen molar-refractivity contribution in [2.24, 2.45) is 10.9 Å². The zero-order chi connectivity index (χ0) is 18.7. The number of hydrogen-bond donors (Lipinski definition) is 1. The molecule has 3 rings (SSSR count). The first-order chi connectivity index (χ1) is 12.5. The van der Waals surface area contributed by atoms with Crippen LogP contribution in [0.1, 0.15) is 12.5 Å². The lowest BCUT2D eigenvalue weighted by atomic mass is 10.1. The van der Waals surface area contributed by atoms with Crippen LogP contribution in [0.2, 0.25) is 0 Å². The van der Waals surface area contributed by atoms with Crippen molar-refractivity contribution in [2.45, 2.75) is 13.3 Å². The zero-order valence-electron chi connectivity index (χ0n) is 14.0. The van der Waals surface area contributed by atoms with Gasteiger partial charge in [-0.05, 0) is 60.6 Å². The van der Waals surface area contributed by atoms with Crippen LogP contribution < -0.4 is 10.2 Å². The largest absolute Gasteiger partial charge is 0.301 e. The first-order valence-corrected chi connectivity index (χ1v) is 9.27. The number of benzene rings is 2. The quantitative estimate of drug-likeness (QED) is 0.456. The minimum Gasteiger partial charge on any atom is -0.301 e. The predicted molar refractivity (Wildman–Crippen MR) is 110 cm³/mol. The number of anilines is 1. The summed E-state index contributed by atoms with van der Waals surface area (Å²) in [6.45, 7) is 2.06. The van der Waals surface area contributed by atoms with Crippen LogP contribution in [0.5, 0.6) is 0 Å². The average molecular weight is 430 g/mol. The van der Waals surface area contributed by atoms with Crippen LogP contribution in [0.3, 0.4) is 0 Å². The van der Waals surface area contributed by atoms with E-state index in [1.807, 2.05) is 36.4 Å². The third kappa shape index (κ3) is 3.89. The van der Waals surface area contributed by atoms with Gasteiger partial charge in [0.25, 0.3) is 5.91 Å². The summed E-state index contributed by atoms with van der Waals surface area (Å²) in [5.74, 6) is -1.91. The van der Waals surface area contributed by atoms with Gasteiger partial charge in [-0.3, -0.25) is 19.5 Å². The molecule has 2 amide bonds. The van der Waals surface area contributed by atoms with Crippen molar-refractivity contribution in [1.82, 2.24) is 5.32 Å². The number of thiocarbonyl (C=S) groups is 1. The molecule has 1 aliphatic rings. The molecule has 0 aromatic heterocycles. The van der Waals surface area contributed by atoms with E-state index in [0.29, 0.717) is 11.4 Å². The summed E-state index contributed by atoms with van der Waals surface area (Å²) in [5.41, 5.74) is 2.43. The number of rotatable bonds is 4. The molecule has 0 spiro atoms. The first kappa shape index (κ1) is 18.4. The highest BCUT2D eigenvalue weighted by Gasteiger charge is 2.38. The molecular weight excluding hydrogens is 414 g/mol. The predicted octanol–water partition coefficient (Wildman–Crippen LogP) is 3.78. The summed E-state index contributed by atoms with van der Waals surface area (Å²) >= 11 is 8.54. The molecule has 1 N–H and O–H groups in total. The van der Waals surface area contributed by atoms with Gasteiger partial charge in [-0.15, -0.1) is 0 Å². The molecule has 5 nitrogen and oxygen atoms in total. The Morgan fingerprint density at radius 2 is 1.81 bits per heavy atom. The van der Waals surface area contributed by atoms with Crippen molar-refractivity contribution in [3.63, 3.8) is 0 Å². The number of nitrogens with one attached hydrogen (secondary N) is 1. The third-order valence-electron chi connectivity index (χ3n) is 4.00. The molecule has 0 radical (unpaired) electrons. The van der Waals surface area contributed by atoms with Gasteiger partial charge in [0, 0.05) is 10.7 Å². The Labute approximate surface area is 165 Å². The molecule has 1 heterocycles. The number of nitrogens with zero attached hydrogens (tertiary/aromatic N) is 2. The molecule has 2 aromatic carbocycles. The highest BCUT2D eigenvalue weighted by Crippen LogP contribution is 2.22. The number of aliphatic imine (C=N–C) groups is 1. The smallest absolute Gasteiger partial charge is 0.251 e. The van der Waals surface area contributed by atoms with Gasteiger partial charge in [-0.1, -0.05) is 35.0 Å². The minimum atomic E-state index is -1.03. The number of carbonyl (C=O) groups excluding carboxylic acids is 2. The van der Waals surface area contributed by atoms with Gasteiger partial charge in [-0.2, -0.15) is 0 Å². The third-order valence-corrected chi connectivity index (χ3v) is 4.82. The van der Waals surface area contributed by atoms with E-state index in [9.17, 15) is 9.59 Å². The van der Waals surface area contributed by atoms with Crippen molar-refractivity contribution in [1.29, 1.82) is 0 Å². The maximum Gasteiger partial charge on any atom is 0.251 e. The molecule has 0 aliphatic carbocycles. The van der Waals surface area contributed by atoms with E-state index in [0.717, 1.165) is 16.5 Å². The topological polar surface area (TPSA) is 61.8 Å². The highest BCUT2D eigenvalue weighted by molar-refractivity contribution is 9.10. The van der Waals surface area contributed by atoms with Gasteiger partial charge in [0.15, 0.2) is 11.0 Å². The van der Waals surface area contributed by atoms with E-state index in [2.05, 4.69) is 33.2 Å². The van der Waals surface area contributed by atoms with Crippen LogP contribution in [-0.4, -0.2) is 23.1 Å².